The molecule has 7 nitrogen and oxygen atoms in total. The third-order valence-corrected chi connectivity index (χ3v) is 6.10. The number of anilines is 1. The molecule has 2 aromatic rings. The Morgan fingerprint density at radius 2 is 2.17 bits per heavy atom. The van der Waals surface area contributed by atoms with Crippen LogP contribution in [-0.2, 0) is 16.2 Å². The second-order valence-electron chi connectivity index (χ2n) is 6.94. The third-order valence-electron chi connectivity index (χ3n) is 3.67. The molecule has 0 radical (unpaired) electrons. The van der Waals surface area contributed by atoms with E-state index in [-0.39, 0.29) is 0 Å². The molecule has 1 saturated heterocycles. The number of hydrogen-bond donors (Lipinski definition) is 1. The standard InChI is InChI=1S/C14H22IN5O2Si/c1-23(2,3)5-4-21-9-20-12-11(13(15)19-20)16-8-17-14(12)18-10-6-22-7-10/h8,10H,4-7,9H2,1-3H3,(H,16,17,18). The normalized spacial score (nSPS) is 15.8. The Labute approximate surface area is 150 Å². The fraction of sp³-hybridized carbons (Fsp3) is 0.643. The Bertz CT molecular complexity index is 684. The van der Waals surface area contributed by atoms with Gasteiger partial charge in [0.05, 0.1) is 19.3 Å². The van der Waals surface area contributed by atoms with Gasteiger partial charge in [0.2, 0.25) is 0 Å². The van der Waals surface area contributed by atoms with Crippen molar-refractivity contribution < 1.29 is 9.47 Å². The fourth-order valence-corrected chi connectivity index (χ4v) is 3.63. The van der Waals surface area contributed by atoms with Gasteiger partial charge in [0.25, 0.3) is 0 Å². The van der Waals surface area contributed by atoms with Crippen LogP contribution in [0, 0.1) is 3.70 Å². The van der Waals surface area contributed by atoms with Gasteiger partial charge in [0, 0.05) is 14.7 Å². The van der Waals surface area contributed by atoms with E-state index < -0.39 is 8.07 Å². The van der Waals surface area contributed by atoms with Crippen LogP contribution in [0.15, 0.2) is 6.33 Å². The summed E-state index contributed by atoms with van der Waals surface area (Å²) in [7, 11) is -1.08. The van der Waals surface area contributed by atoms with Crippen molar-refractivity contribution >= 4 is 47.5 Å². The predicted molar refractivity (Wildman–Crippen MR) is 100 cm³/mol. The molecule has 0 unspecified atom stereocenters. The van der Waals surface area contributed by atoms with Crippen LogP contribution in [-0.4, -0.2) is 53.7 Å². The molecule has 126 valence electrons. The zero-order valence-electron chi connectivity index (χ0n) is 13.7. The van der Waals surface area contributed by atoms with Crippen molar-refractivity contribution in [1.29, 1.82) is 0 Å². The van der Waals surface area contributed by atoms with E-state index >= 15 is 0 Å². The Balaban J connectivity index is 1.76. The highest BCUT2D eigenvalue weighted by molar-refractivity contribution is 14.1. The van der Waals surface area contributed by atoms with E-state index in [1.54, 1.807) is 6.33 Å². The third kappa shape index (κ3) is 4.20. The van der Waals surface area contributed by atoms with Gasteiger partial charge in [-0.05, 0) is 28.6 Å². The Hall–Kier alpha value is -0.783. The maximum Gasteiger partial charge on any atom is 0.156 e. The number of nitrogens with zero attached hydrogens (tertiary/aromatic N) is 4. The first-order chi connectivity index (χ1) is 10.9. The summed E-state index contributed by atoms with van der Waals surface area (Å²) >= 11 is 2.20. The lowest BCUT2D eigenvalue weighted by Crippen LogP contribution is -2.40. The SMILES string of the molecule is C[Si](C)(C)CCOCn1nc(I)c2ncnc(NC3COC3)c21. The highest BCUT2D eigenvalue weighted by Crippen LogP contribution is 2.25. The lowest BCUT2D eigenvalue weighted by atomic mass is 10.2. The molecule has 0 saturated carbocycles. The minimum absolute atomic E-state index is 0.307. The molecular weight excluding hydrogens is 425 g/mol. The quantitative estimate of drug-likeness (QED) is 0.400. The van der Waals surface area contributed by atoms with Crippen LogP contribution in [0.1, 0.15) is 0 Å². The molecule has 23 heavy (non-hydrogen) atoms. The van der Waals surface area contributed by atoms with E-state index in [1.165, 1.54) is 0 Å². The molecule has 1 aliphatic rings. The molecule has 0 amide bonds. The number of halogens is 1. The molecule has 9 heteroatoms. The molecule has 3 heterocycles. The van der Waals surface area contributed by atoms with Crippen LogP contribution in [0.2, 0.25) is 25.7 Å². The van der Waals surface area contributed by atoms with Crippen LogP contribution in [0.4, 0.5) is 5.82 Å². The van der Waals surface area contributed by atoms with E-state index in [1.807, 2.05) is 4.68 Å². The smallest absolute Gasteiger partial charge is 0.156 e. The van der Waals surface area contributed by atoms with Gasteiger partial charge in [0.15, 0.2) is 5.82 Å². The van der Waals surface area contributed by atoms with Crippen molar-refractivity contribution in [2.24, 2.45) is 0 Å². The zero-order valence-corrected chi connectivity index (χ0v) is 16.8. The van der Waals surface area contributed by atoms with Crippen molar-refractivity contribution in [1.82, 2.24) is 19.7 Å². The van der Waals surface area contributed by atoms with Crippen LogP contribution in [0.25, 0.3) is 11.0 Å². The maximum atomic E-state index is 5.84. The second kappa shape index (κ2) is 6.99. The van der Waals surface area contributed by atoms with Gasteiger partial charge in [-0.15, -0.1) is 0 Å². The van der Waals surface area contributed by atoms with Gasteiger partial charge >= 0.3 is 0 Å². The summed E-state index contributed by atoms with van der Waals surface area (Å²) in [5, 5.41) is 7.95. The van der Waals surface area contributed by atoms with Crippen LogP contribution >= 0.6 is 22.6 Å². The molecule has 1 fully saturated rings. The Morgan fingerprint density at radius 1 is 1.39 bits per heavy atom. The minimum Gasteiger partial charge on any atom is -0.377 e. The molecular formula is C14H22IN5O2Si. The fourth-order valence-electron chi connectivity index (χ4n) is 2.22. The minimum atomic E-state index is -1.08. The lowest BCUT2D eigenvalue weighted by molar-refractivity contribution is 0.0209. The van der Waals surface area contributed by atoms with Gasteiger partial charge in [-0.1, -0.05) is 19.6 Å². The summed E-state index contributed by atoms with van der Waals surface area (Å²) in [5.74, 6) is 0.799. The summed E-state index contributed by atoms with van der Waals surface area (Å²) in [5.41, 5.74) is 1.76. The number of fused-ring (bicyclic) bond motifs is 1. The molecule has 0 aromatic carbocycles. The Kier molecular flexibility index (Phi) is 5.18. The van der Waals surface area contributed by atoms with E-state index in [2.05, 4.69) is 62.6 Å². The first-order valence-electron chi connectivity index (χ1n) is 7.73. The lowest BCUT2D eigenvalue weighted by Gasteiger charge is -2.27. The first-order valence-corrected chi connectivity index (χ1v) is 12.5. The first kappa shape index (κ1) is 17.1. The largest absolute Gasteiger partial charge is 0.377 e. The van der Waals surface area contributed by atoms with Crippen molar-refractivity contribution in [2.45, 2.75) is 38.5 Å². The predicted octanol–water partition coefficient (Wildman–Crippen LogP) is 2.55. The van der Waals surface area contributed by atoms with Gasteiger partial charge in [-0.3, -0.25) is 0 Å². The molecule has 3 rings (SSSR count). The average Bonchev–Trinajstić information content (AvgIpc) is 2.76. The molecule has 1 aliphatic heterocycles. The average molecular weight is 447 g/mol. The van der Waals surface area contributed by atoms with Gasteiger partial charge < -0.3 is 14.8 Å². The summed E-state index contributed by atoms with van der Waals surface area (Å²) in [6.07, 6.45) is 1.57. The summed E-state index contributed by atoms with van der Waals surface area (Å²) in [6.45, 7) is 9.65. The van der Waals surface area contributed by atoms with Crippen LogP contribution < -0.4 is 5.32 Å². The van der Waals surface area contributed by atoms with E-state index in [9.17, 15) is 0 Å². The highest BCUT2D eigenvalue weighted by atomic mass is 127. The molecule has 1 N–H and O–H groups in total. The molecule has 0 aliphatic carbocycles. The second-order valence-corrected chi connectivity index (χ2v) is 13.6. The highest BCUT2D eigenvalue weighted by Gasteiger charge is 2.22. The van der Waals surface area contributed by atoms with Crippen molar-refractivity contribution in [3.63, 3.8) is 0 Å². The number of nitrogens with one attached hydrogen (secondary N) is 1. The van der Waals surface area contributed by atoms with Gasteiger partial charge in [-0.2, -0.15) is 5.10 Å². The van der Waals surface area contributed by atoms with E-state index in [0.29, 0.717) is 26.0 Å². The Morgan fingerprint density at radius 3 is 2.83 bits per heavy atom. The van der Waals surface area contributed by atoms with Crippen LogP contribution in [0.3, 0.4) is 0 Å². The molecule has 0 spiro atoms. The number of aromatic nitrogens is 4. The molecule has 0 bridgehead atoms. The molecule has 0 atom stereocenters. The van der Waals surface area contributed by atoms with Gasteiger partial charge in [0.1, 0.15) is 27.8 Å². The van der Waals surface area contributed by atoms with Gasteiger partial charge in [-0.25, -0.2) is 14.6 Å². The van der Waals surface area contributed by atoms with E-state index in [0.717, 1.165) is 33.2 Å². The topological polar surface area (TPSA) is 74.1 Å². The van der Waals surface area contributed by atoms with E-state index in [4.69, 9.17) is 9.47 Å². The monoisotopic (exact) mass is 447 g/mol. The van der Waals surface area contributed by atoms with Crippen LogP contribution in [0.5, 0.6) is 0 Å². The van der Waals surface area contributed by atoms with Crippen molar-refractivity contribution in [3.8, 4) is 0 Å². The molecule has 2 aromatic heterocycles. The summed E-state index contributed by atoms with van der Waals surface area (Å²) in [4.78, 5) is 8.74. The number of rotatable bonds is 7. The zero-order chi connectivity index (χ0) is 16.4. The summed E-state index contributed by atoms with van der Waals surface area (Å²) in [6, 6.07) is 1.45. The number of ether oxygens (including phenoxy) is 2. The van der Waals surface area contributed by atoms with Crippen molar-refractivity contribution in [3.05, 3.63) is 10.0 Å². The maximum absolute atomic E-state index is 5.84. The van der Waals surface area contributed by atoms with Crippen molar-refractivity contribution in [2.75, 3.05) is 25.1 Å². The number of hydrogen-bond acceptors (Lipinski definition) is 6. The summed E-state index contributed by atoms with van der Waals surface area (Å²) < 4.78 is 13.8.